The maximum atomic E-state index is 12.8. The standard InChI is InChI=1S/C46H40N2O8/c1-3-51-43-29-33(31-47-35-17-21-39(22-18-35)53-37-11-7-5-8-12-37)15-25-41(43)55-45(49)27-28-46(50)56-42-26-16-34(30-44(42)52-4-2)32-48-36-19-23-40(24-20-36)54-38-13-9-6-10-14-38/h5-26,29-32H,3-4,27-28H2,1-2H3. The van der Waals surface area contributed by atoms with E-state index in [1.54, 1.807) is 48.8 Å². The molecule has 0 spiro atoms. The first-order valence-electron chi connectivity index (χ1n) is 18.1. The molecule has 0 aliphatic rings. The molecule has 0 aliphatic carbocycles. The summed E-state index contributed by atoms with van der Waals surface area (Å²) >= 11 is 0. The summed E-state index contributed by atoms with van der Waals surface area (Å²) in [5.74, 6) is 2.90. The average molecular weight is 749 g/mol. The number of carbonyl (C=O) groups excluding carboxylic acids is 2. The molecule has 10 heteroatoms. The molecule has 6 aromatic carbocycles. The second-order valence-electron chi connectivity index (χ2n) is 12.1. The Bertz CT molecular complexity index is 2090. The highest BCUT2D eigenvalue weighted by Crippen LogP contribution is 2.31. The van der Waals surface area contributed by atoms with Gasteiger partial charge in [-0.3, -0.25) is 19.6 Å². The third-order valence-electron chi connectivity index (χ3n) is 7.87. The van der Waals surface area contributed by atoms with Crippen LogP contribution in [0.5, 0.6) is 46.0 Å². The first kappa shape index (κ1) is 38.5. The maximum absolute atomic E-state index is 12.8. The molecule has 0 amide bonds. The molecule has 0 N–H and O–H groups in total. The van der Waals surface area contributed by atoms with Crippen molar-refractivity contribution in [2.45, 2.75) is 26.7 Å². The van der Waals surface area contributed by atoms with Gasteiger partial charge in [0.05, 0.1) is 37.4 Å². The smallest absolute Gasteiger partial charge is 0.311 e. The average Bonchev–Trinajstić information content (AvgIpc) is 3.22. The topological polar surface area (TPSA) is 114 Å². The van der Waals surface area contributed by atoms with E-state index < -0.39 is 11.9 Å². The van der Waals surface area contributed by atoms with Crippen molar-refractivity contribution in [1.82, 2.24) is 0 Å². The van der Waals surface area contributed by atoms with Gasteiger partial charge in [0.1, 0.15) is 23.0 Å². The van der Waals surface area contributed by atoms with Crippen LogP contribution in [-0.4, -0.2) is 37.6 Å². The molecule has 0 unspecified atom stereocenters. The summed E-state index contributed by atoms with van der Waals surface area (Å²) in [6.45, 7) is 4.37. The number of hydrogen-bond acceptors (Lipinski definition) is 10. The number of rotatable bonds is 17. The van der Waals surface area contributed by atoms with E-state index in [1.807, 2.05) is 123 Å². The first-order chi connectivity index (χ1) is 27.4. The zero-order valence-electron chi connectivity index (χ0n) is 31.0. The lowest BCUT2D eigenvalue weighted by atomic mass is 10.2. The molecule has 56 heavy (non-hydrogen) atoms. The lowest BCUT2D eigenvalue weighted by Crippen LogP contribution is -2.15. The van der Waals surface area contributed by atoms with E-state index in [9.17, 15) is 9.59 Å². The van der Waals surface area contributed by atoms with Gasteiger partial charge in [0.25, 0.3) is 0 Å². The second-order valence-corrected chi connectivity index (χ2v) is 12.1. The molecule has 6 rings (SSSR count). The highest BCUT2D eigenvalue weighted by atomic mass is 16.6. The molecule has 0 atom stereocenters. The Kier molecular flexibility index (Phi) is 13.6. The Morgan fingerprint density at radius 3 is 1.21 bits per heavy atom. The Morgan fingerprint density at radius 1 is 0.464 bits per heavy atom. The number of esters is 2. The van der Waals surface area contributed by atoms with Gasteiger partial charge in [-0.2, -0.15) is 0 Å². The first-order valence-corrected chi connectivity index (χ1v) is 18.1. The van der Waals surface area contributed by atoms with Crippen LogP contribution in [0, 0.1) is 0 Å². The minimum Gasteiger partial charge on any atom is -0.490 e. The second kappa shape index (κ2) is 19.8. The van der Waals surface area contributed by atoms with Crippen LogP contribution in [0.2, 0.25) is 0 Å². The minimum atomic E-state index is -0.613. The third kappa shape index (κ3) is 11.6. The molecule has 0 bridgehead atoms. The molecular formula is C46H40N2O8. The number of hydrogen-bond donors (Lipinski definition) is 0. The van der Waals surface area contributed by atoms with Crippen LogP contribution >= 0.6 is 0 Å². The van der Waals surface area contributed by atoms with Crippen molar-refractivity contribution in [3.8, 4) is 46.0 Å². The largest absolute Gasteiger partial charge is 0.490 e. The third-order valence-corrected chi connectivity index (χ3v) is 7.87. The van der Waals surface area contributed by atoms with Crippen LogP contribution in [0.1, 0.15) is 37.8 Å². The molecule has 10 nitrogen and oxygen atoms in total. The summed E-state index contributed by atoms with van der Waals surface area (Å²) in [5, 5.41) is 0. The van der Waals surface area contributed by atoms with Crippen LogP contribution < -0.4 is 28.4 Å². The summed E-state index contributed by atoms with van der Waals surface area (Å²) in [7, 11) is 0. The van der Waals surface area contributed by atoms with E-state index in [1.165, 1.54) is 0 Å². The molecular weight excluding hydrogens is 709 g/mol. The zero-order valence-corrected chi connectivity index (χ0v) is 31.0. The molecule has 0 saturated heterocycles. The normalized spacial score (nSPS) is 11.0. The molecule has 282 valence electrons. The highest BCUT2D eigenvalue weighted by Gasteiger charge is 2.16. The van der Waals surface area contributed by atoms with Crippen LogP contribution in [0.15, 0.2) is 156 Å². The van der Waals surface area contributed by atoms with Crippen LogP contribution in [0.4, 0.5) is 11.4 Å². The van der Waals surface area contributed by atoms with Gasteiger partial charge in [-0.1, -0.05) is 36.4 Å². The number of para-hydroxylation sites is 2. The SMILES string of the molecule is CCOc1cc(C=Nc2ccc(Oc3ccccc3)cc2)ccc1OC(=O)CCC(=O)Oc1ccc(C=Nc2ccc(Oc3ccccc3)cc2)cc1OCC. The van der Waals surface area contributed by atoms with Gasteiger partial charge in [-0.05, 0) is 134 Å². The van der Waals surface area contributed by atoms with Gasteiger partial charge in [0, 0.05) is 12.4 Å². The maximum Gasteiger partial charge on any atom is 0.311 e. The van der Waals surface area contributed by atoms with E-state index in [0.717, 1.165) is 34.0 Å². The Balaban J connectivity index is 0.998. The van der Waals surface area contributed by atoms with Crippen molar-refractivity contribution in [2.24, 2.45) is 9.98 Å². The fourth-order valence-electron chi connectivity index (χ4n) is 5.21. The van der Waals surface area contributed by atoms with Gasteiger partial charge in [-0.25, -0.2) is 0 Å². The van der Waals surface area contributed by atoms with Gasteiger partial charge in [-0.15, -0.1) is 0 Å². The lowest BCUT2D eigenvalue weighted by Gasteiger charge is -2.12. The molecule has 0 aromatic heterocycles. The van der Waals surface area contributed by atoms with Crippen LogP contribution in [0.25, 0.3) is 0 Å². The molecule has 6 aromatic rings. The molecule has 0 aliphatic heterocycles. The van der Waals surface area contributed by atoms with Crippen molar-refractivity contribution in [3.05, 3.63) is 157 Å². The van der Waals surface area contributed by atoms with E-state index in [4.69, 9.17) is 28.4 Å². The minimum absolute atomic E-state index is 0.207. The predicted molar refractivity (Wildman–Crippen MR) is 216 cm³/mol. The summed E-state index contributed by atoms with van der Waals surface area (Å²) in [6.07, 6.45) is 2.96. The summed E-state index contributed by atoms with van der Waals surface area (Å²) < 4.78 is 34.3. The number of ether oxygens (including phenoxy) is 6. The number of benzene rings is 6. The predicted octanol–water partition coefficient (Wildman–Crippen LogP) is 10.9. The van der Waals surface area contributed by atoms with Crippen molar-refractivity contribution in [3.63, 3.8) is 0 Å². The van der Waals surface area contributed by atoms with Crippen molar-refractivity contribution in [2.75, 3.05) is 13.2 Å². The quantitative estimate of drug-likeness (QED) is 0.0514. The highest BCUT2D eigenvalue weighted by molar-refractivity contribution is 5.85. The van der Waals surface area contributed by atoms with Crippen molar-refractivity contribution in [1.29, 1.82) is 0 Å². The molecule has 0 radical (unpaired) electrons. The van der Waals surface area contributed by atoms with Gasteiger partial charge in [0.2, 0.25) is 0 Å². The van der Waals surface area contributed by atoms with E-state index in [-0.39, 0.29) is 24.3 Å². The van der Waals surface area contributed by atoms with E-state index in [2.05, 4.69) is 9.98 Å². The summed E-state index contributed by atoms with van der Waals surface area (Å²) in [4.78, 5) is 34.7. The Morgan fingerprint density at radius 2 is 0.839 bits per heavy atom. The number of aliphatic imine (C=N–C) groups is 2. The van der Waals surface area contributed by atoms with E-state index in [0.29, 0.717) is 36.2 Å². The Labute approximate surface area is 325 Å². The van der Waals surface area contributed by atoms with Gasteiger partial charge < -0.3 is 28.4 Å². The van der Waals surface area contributed by atoms with Crippen molar-refractivity contribution >= 4 is 35.7 Å². The lowest BCUT2D eigenvalue weighted by molar-refractivity contribution is -0.140. The monoisotopic (exact) mass is 748 g/mol. The molecule has 0 heterocycles. The summed E-state index contributed by atoms with van der Waals surface area (Å²) in [5.41, 5.74) is 2.95. The van der Waals surface area contributed by atoms with Crippen LogP contribution in [0.3, 0.4) is 0 Å². The van der Waals surface area contributed by atoms with E-state index >= 15 is 0 Å². The number of carbonyl (C=O) groups is 2. The Hall–Kier alpha value is -7.20. The fourth-order valence-corrected chi connectivity index (χ4v) is 5.21. The molecule has 0 fully saturated rings. The van der Waals surface area contributed by atoms with Crippen LogP contribution in [-0.2, 0) is 9.59 Å². The number of nitrogens with zero attached hydrogens (tertiary/aromatic N) is 2. The summed E-state index contributed by atoms with van der Waals surface area (Å²) in [6, 6.07) is 44.1. The van der Waals surface area contributed by atoms with Crippen molar-refractivity contribution < 1.29 is 38.0 Å². The molecule has 0 saturated carbocycles. The fraction of sp³-hybridized carbons (Fsp3) is 0.130. The zero-order chi connectivity index (χ0) is 39.0. The van der Waals surface area contributed by atoms with Gasteiger partial charge in [0.15, 0.2) is 23.0 Å². The van der Waals surface area contributed by atoms with Gasteiger partial charge >= 0.3 is 11.9 Å².